The van der Waals surface area contributed by atoms with Crippen LogP contribution in [0.1, 0.15) is 81.2 Å². The second-order valence-corrected chi connectivity index (χ2v) is 9.60. The predicted molar refractivity (Wildman–Crippen MR) is 122 cm³/mol. The lowest BCUT2D eigenvalue weighted by atomic mass is 9.72. The Hall–Kier alpha value is -2.68. The van der Waals surface area contributed by atoms with Gasteiger partial charge in [0.05, 0.1) is 12.3 Å². The van der Waals surface area contributed by atoms with Crippen LogP contribution in [0.2, 0.25) is 0 Å². The molecule has 2 atom stereocenters. The Bertz CT molecular complexity index is 947. The van der Waals surface area contributed by atoms with Crippen molar-refractivity contribution in [2.75, 3.05) is 12.4 Å². The van der Waals surface area contributed by atoms with Crippen molar-refractivity contribution in [1.29, 1.82) is 0 Å². The van der Waals surface area contributed by atoms with Crippen LogP contribution in [0.25, 0.3) is 0 Å². The molecule has 0 radical (unpaired) electrons. The van der Waals surface area contributed by atoms with Crippen molar-refractivity contribution in [3.05, 3.63) is 29.2 Å². The van der Waals surface area contributed by atoms with E-state index in [2.05, 4.69) is 39.8 Å². The number of aromatic nitrogens is 4. The highest BCUT2D eigenvalue weighted by Crippen LogP contribution is 2.52. The molecular weight excluding hydrogens is 408 g/mol. The quantitative estimate of drug-likeness (QED) is 0.549. The van der Waals surface area contributed by atoms with Gasteiger partial charge < -0.3 is 15.4 Å². The highest BCUT2D eigenvalue weighted by Gasteiger charge is 2.44. The van der Waals surface area contributed by atoms with Gasteiger partial charge in [-0.3, -0.25) is 19.4 Å². The Morgan fingerprint density at radius 2 is 2.06 bits per heavy atom. The number of amides is 2. The molecule has 2 aromatic heterocycles. The third-order valence-electron chi connectivity index (χ3n) is 6.57. The highest BCUT2D eigenvalue weighted by molar-refractivity contribution is 6.02. The summed E-state index contributed by atoms with van der Waals surface area (Å²) in [6, 6.07) is 3.76. The Balaban J connectivity index is 1.66. The largest absolute Gasteiger partial charge is 0.378 e. The number of anilines is 1. The van der Waals surface area contributed by atoms with Crippen LogP contribution in [0.4, 0.5) is 5.82 Å². The van der Waals surface area contributed by atoms with Gasteiger partial charge in [-0.25, -0.2) is 0 Å². The molecule has 1 aliphatic carbocycles. The van der Waals surface area contributed by atoms with E-state index in [-0.39, 0.29) is 29.2 Å². The van der Waals surface area contributed by atoms with Crippen LogP contribution in [0.5, 0.6) is 0 Å². The van der Waals surface area contributed by atoms with E-state index >= 15 is 0 Å². The van der Waals surface area contributed by atoms with E-state index in [1.54, 1.807) is 20.2 Å². The van der Waals surface area contributed by atoms with Crippen molar-refractivity contribution in [2.24, 2.45) is 18.4 Å². The van der Waals surface area contributed by atoms with Gasteiger partial charge in [-0.2, -0.15) is 10.2 Å². The number of carbonyl (C=O) groups excluding carboxylic acids is 2. The third-order valence-corrected chi connectivity index (χ3v) is 6.57. The second kappa shape index (κ2) is 9.85. The van der Waals surface area contributed by atoms with E-state index < -0.39 is 0 Å². The lowest BCUT2D eigenvalue weighted by Crippen LogP contribution is -2.36. The van der Waals surface area contributed by atoms with Gasteiger partial charge in [0.2, 0.25) is 5.91 Å². The van der Waals surface area contributed by atoms with Gasteiger partial charge in [0.25, 0.3) is 5.91 Å². The minimum absolute atomic E-state index is 0.0232. The zero-order chi connectivity index (χ0) is 23.5. The molecule has 3 rings (SSSR count). The topological polar surface area (TPSA) is 114 Å². The maximum Gasteiger partial charge on any atom is 0.275 e. The number of carbonyl (C=O) groups is 2. The predicted octanol–water partition coefficient (Wildman–Crippen LogP) is 3.37. The van der Waals surface area contributed by atoms with Gasteiger partial charge in [0, 0.05) is 44.3 Å². The number of methoxy groups -OCH3 is 1. The second-order valence-electron chi connectivity index (χ2n) is 9.60. The minimum atomic E-state index is -0.270. The summed E-state index contributed by atoms with van der Waals surface area (Å²) >= 11 is 0. The third kappa shape index (κ3) is 5.38. The number of hydrogen-bond donors (Lipinski definition) is 3. The van der Waals surface area contributed by atoms with Crippen molar-refractivity contribution in [1.82, 2.24) is 25.3 Å². The Kier molecular flexibility index (Phi) is 7.38. The van der Waals surface area contributed by atoms with Gasteiger partial charge in [-0.05, 0) is 50.5 Å². The summed E-state index contributed by atoms with van der Waals surface area (Å²) in [5.74, 6) is 1.02. The first-order valence-electron chi connectivity index (χ1n) is 11.3. The summed E-state index contributed by atoms with van der Waals surface area (Å²) in [5.41, 5.74) is 2.11. The minimum Gasteiger partial charge on any atom is -0.378 e. The lowest BCUT2D eigenvalue weighted by Gasteiger charge is -2.33. The number of aromatic amines is 1. The van der Waals surface area contributed by atoms with Crippen LogP contribution >= 0.6 is 0 Å². The monoisotopic (exact) mass is 444 g/mol. The fraction of sp³-hybridized carbons (Fsp3) is 0.652. The highest BCUT2D eigenvalue weighted by atomic mass is 16.5. The van der Waals surface area contributed by atoms with E-state index in [0.29, 0.717) is 36.2 Å². The lowest BCUT2D eigenvalue weighted by molar-refractivity contribution is -0.124. The molecule has 0 saturated heterocycles. The standard InChI is InChI=1S/C23H36N6O3/c1-14(2)23(12-21(30)24-15(3)4)8-7-16(11-23)18-10-20(27-26-18)25-22(31)19-9-17(13-32-6)28-29(19)5/h9-10,14-16H,7-8,11-13H2,1-6H3,(H,24,30)(H2,25,26,27,31)/t16-,23-/m0/s1. The van der Waals surface area contributed by atoms with Crippen LogP contribution in [-0.2, 0) is 23.2 Å². The van der Waals surface area contributed by atoms with Crippen LogP contribution in [0.15, 0.2) is 12.1 Å². The maximum absolute atomic E-state index is 12.7. The number of H-pyrrole nitrogens is 1. The molecule has 2 aromatic rings. The molecule has 1 aliphatic rings. The molecule has 1 saturated carbocycles. The van der Waals surface area contributed by atoms with E-state index in [4.69, 9.17) is 4.74 Å². The zero-order valence-electron chi connectivity index (χ0n) is 20.0. The fourth-order valence-electron chi connectivity index (χ4n) is 4.75. The van der Waals surface area contributed by atoms with Gasteiger partial charge in [0.15, 0.2) is 5.82 Å². The summed E-state index contributed by atoms with van der Waals surface area (Å²) in [4.78, 5) is 25.2. The van der Waals surface area contributed by atoms with Gasteiger partial charge in [0.1, 0.15) is 5.69 Å². The van der Waals surface area contributed by atoms with E-state index in [1.165, 1.54) is 4.68 Å². The van der Waals surface area contributed by atoms with Crippen LogP contribution in [0, 0.1) is 11.3 Å². The molecule has 0 spiro atoms. The molecule has 0 aliphatic heterocycles. The fourth-order valence-corrected chi connectivity index (χ4v) is 4.75. The number of aryl methyl sites for hydroxylation is 1. The van der Waals surface area contributed by atoms with Crippen LogP contribution in [-0.4, -0.2) is 44.9 Å². The van der Waals surface area contributed by atoms with Crippen LogP contribution < -0.4 is 10.6 Å². The molecule has 0 aromatic carbocycles. The smallest absolute Gasteiger partial charge is 0.275 e. The van der Waals surface area contributed by atoms with E-state index in [9.17, 15) is 9.59 Å². The summed E-state index contributed by atoms with van der Waals surface area (Å²) < 4.78 is 6.62. The van der Waals surface area contributed by atoms with Gasteiger partial charge in [-0.15, -0.1) is 0 Å². The van der Waals surface area contributed by atoms with Crippen molar-refractivity contribution in [2.45, 2.75) is 71.9 Å². The number of nitrogens with one attached hydrogen (secondary N) is 3. The Labute approximate surface area is 189 Å². The molecular formula is C23H36N6O3. The van der Waals surface area contributed by atoms with Crippen molar-refractivity contribution in [3.63, 3.8) is 0 Å². The molecule has 3 N–H and O–H groups in total. The summed E-state index contributed by atoms with van der Waals surface area (Å²) in [5, 5.41) is 17.6. The SMILES string of the molecule is COCc1cc(C(=O)Nc2cc([C@H]3CC[C@](CC(=O)NC(C)C)(C(C)C)C3)[nH]n2)n(C)n1. The van der Waals surface area contributed by atoms with E-state index in [1.807, 2.05) is 19.9 Å². The first-order valence-corrected chi connectivity index (χ1v) is 11.3. The molecule has 2 amide bonds. The number of hydrogen-bond acceptors (Lipinski definition) is 5. The Morgan fingerprint density at radius 3 is 2.72 bits per heavy atom. The summed E-state index contributed by atoms with van der Waals surface area (Å²) in [6.07, 6.45) is 3.46. The normalized spacial score (nSPS) is 20.8. The molecule has 32 heavy (non-hydrogen) atoms. The average Bonchev–Trinajstić information content (AvgIpc) is 3.40. The van der Waals surface area contributed by atoms with Crippen LogP contribution in [0.3, 0.4) is 0 Å². The molecule has 0 bridgehead atoms. The maximum atomic E-state index is 12.7. The summed E-state index contributed by atoms with van der Waals surface area (Å²) in [6.45, 7) is 8.73. The average molecular weight is 445 g/mol. The van der Waals surface area contributed by atoms with Crippen molar-refractivity contribution >= 4 is 17.6 Å². The first-order chi connectivity index (χ1) is 15.1. The van der Waals surface area contributed by atoms with Gasteiger partial charge in [-0.1, -0.05) is 13.8 Å². The molecule has 1 fully saturated rings. The molecule has 9 heteroatoms. The number of nitrogens with zero attached hydrogens (tertiary/aromatic N) is 3. The summed E-state index contributed by atoms with van der Waals surface area (Å²) in [7, 11) is 3.32. The first kappa shape index (κ1) is 24.0. The van der Waals surface area contributed by atoms with Gasteiger partial charge >= 0.3 is 0 Å². The molecule has 176 valence electrons. The van der Waals surface area contributed by atoms with Crippen molar-refractivity contribution in [3.8, 4) is 0 Å². The Morgan fingerprint density at radius 1 is 1.31 bits per heavy atom. The molecule has 0 unspecified atom stereocenters. The zero-order valence-corrected chi connectivity index (χ0v) is 20.0. The van der Waals surface area contributed by atoms with E-state index in [0.717, 1.165) is 25.0 Å². The molecule has 2 heterocycles. The molecule has 9 nitrogen and oxygen atoms in total. The number of rotatable bonds is 9. The van der Waals surface area contributed by atoms with Crippen molar-refractivity contribution < 1.29 is 14.3 Å². The number of ether oxygens (including phenoxy) is 1.